The lowest BCUT2D eigenvalue weighted by molar-refractivity contribution is -0.145. The summed E-state index contributed by atoms with van der Waals surface area (Å²) in [6.07, 6.45) is 2.23. The van der Waals surface area contributed by atoms with Crippen molar-refractivity contribution in [2.45, 2.75) is 45.1 Å². The van der Waals surface area contributed by atoms with Gasteiger partial charge < -0.3 is 15.7 Å². The number of carboxylic acids is 1. The molecule has 0 aromatic heterocycles. The van der Waals surface area contributed by atoms with Gasteiger partial charge in [0.05, 0.1) is 5.92 Å². The van der Waals surface area contributed by atoms with Gasteiger partial charge in [-0.2, -0.15) is 0 Å². The third kappa shape index (κ3) is 4.73. The van der Waals surface area contributed by atoms with Crippen LogP contribution in [0.2, 0.25) is 0 Å². The number of carbonyl (C=O) groups is 2. The van der Waals surface area contributed by atoms with Gasteiger partial charge in [-0.25, -0.2) is 0 Å². The van der Waals surface area contributed by atoms with E-state index in [2.05, 4.69) is 0 Å². The second-order valence-corrected chi connectivity index (χ2v) is 5.48. The van der Waals surface area contributed by atoms with Crippen LogP contribution in [0.15, 0.2) is 0 Å². The van der Waals surface area contributed by atoms with Crippen molar-refractivity contribution in [3.05, 3.63) is 0 Å². The third-order valence-electron chi connectivity index (χ3n) is 3.18. The quantitative estimate of drug-likeness (QED) is 0.764. The molecule has 0 radical (unpaired) electrons. The first-order chi connectivity index (χ1) is 7.79. The molecule has 0 unspecified atom stereocenters. The lowest BCUT2D eigenvalue weighted by Gasteiger charge is -2.31. The number of nitrogens with two attached hydrogens (primary N) is 1. The topological polar surface area (TPSA) is 83.6 Å². The van der Waals surface area contributed by atoms with Crippen molar-refractivity contribution in [2.24, 2.45) is 11.7 Å². The van der Waals surface area contributed by atoms with E-state index < -0.39 is 5.97 Å². The van der Waals surface area contributed by atoms with Crippen LogP contribution in [-0.2, 0) is 9.59 Å². The lowest BCUT2D eigenvalue weighted by atomic mass is 9.95. The number of aliphatic carboxylic acids is 1. The Morgan fingerprint density at radius 1 is 1.35 bits per heavy atom. The molecular weight excluding hydrogens is 220 g/mol. The Labute approximate surface area is 102 Å². The Kier molecular flexibility index (Phi) is 4.51. The van der Waals surface area contributed by atoms with Crippen molar-refractivity contribution in [3.63, 3.8) is 0 Å². The molecular formula is C12H22N2O3. The number of hydrogen-bond acceptors (Lipinski definition) is 3. The maximum absolute atomic E-state index is 11.8. The summed E-state index contributed by atoms with van der Waals surface area (Å²) in [4.78, 5) is 24.4. The van der Waals surface area contributed by atoms with E-state index in [1.807, 2.05) is 13.8 Å². The normalized spacial score (nSPS) is 18.2. The van der Waals surface area contributed by atoms with Crippen molar-refractivity contribution < 1.29 is 14.7 Å². The summed E-state index contributed by atoms with van der Waals surface area (Å²) in [5.74, 6) is -0.947. The highest BCUT2D eigenvalue weighted by Crippen LogP contribution is 2.19. The molecule has 1 fully saturated rings. The Morgan fingerprint density at radius 2 is 1.88 bits per heavy atom. The molecule has 1 amide bonds. The van der Waals surface area contributed by atoms with Gasteiger partial charge in [0, 0.05) is 25.0 Å². The molecule has 1 saturated heterocycles. The van der Waals surface area contributed by atoms with E-state index in [0.29, 0.717) is 38.8 Å². The van der Waals surface area contributed by atoms with Crippen molar-refractivity contribution in [3.8, 4) is 0 Å². The van der Waals surface area contributed by atoms with Gasteiger partial charge >= 0.3 is 5.97 Å². The number of rotatable bonds is 4. The number of carboxylic acid groups (broad SMARTS) is 1. The summed E-state index contributed by atoms with van der Waals surface area (Å²) in [5, 5.41) is 8.85. The standard InChI is InChI=1S/C12H22N2O3/c1-12(2,13)6-3-10(15)14-7-4-9(5-8-14)11(16)17/h9H,3-8,13H2,1-2H3,(H,16,17). The van der Waals surface area contributed by atoms with Gasteiger partial charge in [-0.1, -0.05) is 0 Å². The molecule has 1 rings (SSSR count). The van der Waals surface area contributed by atoms with Gasteiger partial charge in [-0.15, -0.1) is 0 Å². The van der Waals surface area contributed by atoms with Crippen molar-refractivity contribution in [1.82, 2.24) is 4.90 Å². The minimum absolute atomic E-state index is 0.0902. The van der Waals surface area contributed by atoms with Gasteiger partial charge in [-0.05, 0) is 33.1 Å². The molecule has 5 heteroatoms. The van der Waals surface area contributed by atoms with Crippen molar-refractivity contribution >= 4 is 11.9 Å². The van der Waals surface area contributed by atoms with Crippen LogP contribution in [0.25, 0.3) is 0 Å². The number of likely N-dealkylation sites (tertiary alicyclic amines) is 1. The van der Waals surface area contributed by atoms with Gasteiger partial charge in [0.15, 0.2) is 0 Å². The molecule has 0 aromatic rings. The molecule has 0 aliphatic carbocycles. The molecule has 0 saturated carbocycles. The first-order valence-electron chi connectivity index (χ1n) is 6.09. The fourth-order valence-corrected chi connectivity index (χ4v) is 1.96. The summed E-state index contributed by atoms with van der Waals surface area (Å²) < 4.78 is 0. The van der Waals surface area contributed by atoms with Crippen LogP contribution in [0.1, 0.15) is 39.5 Å². The van der Waals surface area contributed by atoms with Gasteiger partial charge in [0.2, 0.25) is 5.91 Å². The first kappa shape index (κ1) is 14.0. The Balaban J connectivity index is 2.33. The maximum Gasteiger partial charge on any atom is 0.306 e. The summed E-state index contributed by atoms with van der Waals surface area (Å²) in [7, 11) is 0. The van der Waals surface area contributed by atoms with Crippen LogP contribution in [0.3, 0.4) is 0 Å². The van der Waals surface area contributed by atoms with Crippen LogP contribution in [0.5, 0.6) is 0 Å². The highest BCUT2D eigenvalue weighted by Gasteiger charge is 2.27. The van der Waals surface area contributed by atoms with Crippen LogP contribution < -0.4 is 5.73 Å². The number of hydrogen-bond donors (Lipinski definition) is 2. The van der Waals surface area contributed by atoms with E-state index in [-0.39, 0.29) is 17.4 Å². The van der Waals surface area contributed by atoms with Crippen LogP contribution in [-0.4, -0.2) is 40.5 Å². The lowest BCUT2D eigenvalue weighted by Crippen LogP contribution is -2.41. The third-order valence-corrected chi connectivity index (χ3v) is 3.18. The van der Waals surface area contributed by atoms with E-state index in [1.165, 1.54) is 0 Å². The van der Waals surface area contributed by atoms with Gasteiger partial charge in [0.1, 0.15) is 0 Å². The molecule has 1 heterocycles. The minimum atomic E-state index is -0.750. The highest BCUT2D eigenvalue weighted by atomic mass is 16.4. The Bertz CT molecular complexity index is 289. The van der Waals surface area contributed by atoms with Gasteiger partial charge in [-0.3, -0.25) is 9.59 Å². The Morgan fingerprint density at radius 3 is 2.29 bits per heavy atom. The molecule has 0 spiro atoms. The number of amides is 1. The zero-order valence-electron chi connectivity index (χ0n) is 10.6. The molecule has 3 N–H and O–H groups in total. The van der Waals surface area contributed by atoms with Gasteiger partial charge in [0.25, 0.3) is 0 Å². The van der Waals surface area contributed by atoms with Crippen molar-refractivity contribution in [2.75, 3.05) is 13.1 Å². The molecule has 0 atom stereocenters. The fraction of sp³-hybridized carbons (Fsp3) is 0.833. The zero-order valence-corrected chi connectivity index (χ0v) is 10.6. The van der Waals surface area contributed by atoms with E-state index in [4.69, 9.17) is 10.8 Å². The number of carbonyl (C=O) groups excluding carboxylic acids is 1. The molecule has 98 valence electrons. The molecule has 1 aliphatic rings. The smallest absolute Gasteiger partial charge is 0.306 e. The average molecular weight is 242 g/mol. The molecule has 1 aliphatic heterocycles. The largest absolute Gasteiger partial charge is 0.481 e. The molecule has 0 bridgehead atoms. The predicted molar refractivity (Wildman–Crippen MR) is 64.4 cm³/mol. The SMILES string of the molecule is CC(C)(N)CCC(=O)N1CCC(C(=O)O)CC1. The average Bonchev–Trinajstić information content (AvgIpc) is 2.25. The van der Waals surface area contributed by atoms with Crippen LogP contribution >= 0.6 is 0 Å². The second-order valence-electron chi connectivity index (χ2n) is 5.48. The first-order valence-corrected chi connectivity index (χ1v) is 6.09. The van der Waals surface area contributed by atoms with E-state index in [0.717, 1.165) is 0 Å². The predicted octanol–water partition coefficient (Wildman–Crippen LogP) is 0.827. The van der Waals surface area contributed by atoms with Crippen LogP contribution in [0.4, 0.5) is 0 Å². The second kappa shape index (κ2) is 5.49. The van der Waals surface area contributed by atoms with Crippen LogP contribution in [0, 0.1) is 5.92 Å². The monoisotopic (exact) mass is 242 g/mol. The minimum Gasteiger partial charge on any atom is -0.481 e. The van der Waals surface area contributed by atoms with E-state index >= 15 is 0 Å². The summed E-state index contributed by atoms with van der Waals surface area (Å²) in [6.45, 7) is 4.91. The summed E-state index contributed by atoms with van der Waals surface area (Å²) in [6, 6.07) is 0. The highest BCUT2D eigenvalue weighted by molar-refractivity contribution is 5.77. The zero-order chi connectivity index (χ0) is 13.1. The number of nitrogens with zero attached hydrogens (tertiary/aromatic N) is 1. The molecule has 5 nitrogen and oxygen atoms in total. The summed E-state index contributed by atoms with van der Waals surface area (Å²) >= 11 is 0. The number of piperidine rings is 1. The molecule has 0 aromatic carbocycles. The summed E-state index contributed by atoms with van der Waals surface area (Å²) in [5.41, 5.74) is 5.50. The van der Waals surface area contributed by atoms with Crippen molar-refractivity contribution in [1.29, 1.82) is 0 Å². The van der Waals surface area contributed by atoms with E-state index in [1.54, 1.807) is 4.90 Å². The Hall–Kier alpha value is -1.10. The van der Waals surface area contributed by atoms with E-state index in [9.17, 15) is 9.59 Å². The maximum atomic E-state index is 11.8. The fourth-order valence-electron chi connectivity index (χ4n) is 1.96. The molecule has 17 heavy (non-hydrogen) atoms.